The van der Waals surface area contributed by atoms with Gasteiger partial charge in [-0.3, -0.25) is 4.79 Å². The molecular formula is C21H32N2O2. The highest BCUT2D eigenvalue weighted by molar-refractivity contribution is 5.75. The molecule has 2 N–H and O–H groups in total. The number of rotatable bonds is 5. The van der Waals surface area contributed by atoms with Gasteiger partial charge >= 0.3 is 0 Å². The third-order valence-electron chi connectivity index (χ3n) is 5.97. The molecule has 3 rings (SSSR count). The monoisotopic (exact) mass is 344 g/mol. The number of morpholine rings is 1. The summed E-state index contributed by atoms with van der Waals surface area (Å²) in [6.07, 6.45) is 6.81. The summed E-state index contributed by atoms with van der Waals surface area (Å²) < 4.78 is 5.47. The molecule has 1 aliphatic heterocycles. The third-order valence-corrected chi connectivity index (χ3v) is 5.97. The first-order valence-corrected chi connectivity index (χ1v) is 9.78. The summed E-state index contributed by atoms with van der Waals surface area (Å²) in [5.74, 6) is 0.691. The van der Waals surface area contributed by atoms with E-state index in [4.69, 9.17) is 10.5 Å². The minimum absolute atomic E-state index is 0.174. The van der Waals surface area contributed by atoms with E-state index in [0.717, 1.165) is 26.3 Å². The first kappa shape index (κ1) is 18.2. The van der Waals surface area contributed by atoms with Crippen molar-refractivity contribution in [1.82, 2.24) is 0 Å². The number of benzene rings is 1. The van der Waals surface area contributed by atoms with Crippen molar-refractivity contribution in [2.45, 2.75) is 58.3 Å². The Morgan fingerprint density at radius 2 is 1.76 bits per heavy atom. The predicted octanol–water partition coefficient (Wildman–Crippen LogP) is 3.68. The topological polar surface area (TPSA) is 55.6 Å². The molecule has 0 bridgehead atoms. The summed E-state index contributed by atoms with van der Waals surface area (Å²) in [4.78, 5) is 14.2. The molecule has 1 aromatic rings. The molecule has 138 valence electrons. The number of nitrogens with zero attached hydrogens (tertiary/aromatic N) is 1. The van der Waals surface area contributed by atoms with Gasteiger partial charge < -0.3 is 15.4 Å². The Kier molecular flexibility index (Phi) is 6.00. The molecule has 1 aliphatic carbocycles. The van der Waals surface area contributed by atoms with Gasteiger partial charge in [0.1, 0.15) is 0 Å². The van der Waals surface area contributed by atoms with E-state index in [1.807, 2.05) is 0 Å². The number of primary amides is 1. The molecule has 1 heterocycles. The molecule has 1 saturated carbocycles. The van der Waals surface area contributed by atoms with Gasteiger partial charge in [0.2, 0.25) is 5.91 Å². The lowest BCUT2D eigenvalue weighted by molar-refractivity contribution is -0.118. The van der Waals surface area contributed by atoms with E-state index in [-0.39, 0.29) is 11.8 Å². The number of ether oxygens (including phenoxy) is 1. The van der Waals surface area contributed by atoms with Crippen LogP contribution >= 0.6 is 0 Å². The van der Waals surface area contributed by atoms with Gasteiger partial charge in [0, 0.05) is 25.2 Å². The molecule has 0 radical (unpaired) electrons. The average Bonchev–Trinajstić information content (AvgIpc) is 2.61. The summed E-state index contributed by atoms with van der Waals surface area (Å²) in [5.41, 5.74) is 10.9. The fraction of sp³-hybridized carbons (Fsp3) is 0.667. The Bertz CT molecular complexity index is 579. The van der Waals surface area contributed by atoms with Crippen LogP contribution in [-0.2, 0) is 9.53 Å². The van der Waals surface area contributed by atoms with Crippen molar-refractivity contribution >= 4 is 11.6 Å². The van der Waals surface area contributed by atoms with Crippen molar-refractivity contribution in [2.75, 3.05) is 31.2 Å². The highest BCUT2D eigenvalue weighted by atomic mass is 16.5. The van der Waals surface area contributed by atoms with E-state index in [2.05, 4.69) is 30.9 Å². The second-order valence-corrected chi connectivity index (χ2v) is 7.77. The van der Waals surface area contributed by atoms with Crippen molar-refractivity contribution in [2.24, 2.45) is 11.7 Å². The average molecular weight is 344 g/mol. The number of nitrogens with two attached hydrogens (primary N) is 1. The Hall–Kier alpha value is -1.55. The van der Waals surface area contributed by atoms with E-state index in [1.165, 1.54) is 54.5 Å². The number of aryl methyl sites for hydroxylation is 2. The molecule has 1 unspecified atom stereocenters. The van der Waals surface area contributed by atoms with Gasteiger partial charge in [-0.2, -0.15) is 0 Å². The second-order valence-electron chi connectivity index (χ2n) is 7.77. The van der Waals surface area contributed by atoms with Gasteiger partial charge in [-0.25, -0.2) is 0 Å². The van der Waals surface area contributed by atoms with Crippen LogP contribution in [0.25, 0.3) is 0 Å². The minimum Gasteiger partial charge on any atom is -0.378 e. The zero-order valence-corrected chi connectivity index (χ0v) is 15.7. The van der Waals surface area contributed by atoms with Crippen molar-refractivity contribution in [3.05, 3.63) is 28.8 Å². The van der Waals surface area contributed by atoms with Crippen LogP contribution in [-0.4, -0.2) is 32.2 Å². The zero-order chi connectivity index (χ0) is 17.8. The first-order chi connectivity index (χ1) is 12.1. The normalized spacial score (nSPS) is 20.5. The molecule has 25 heavy (non-hydrogen) atoms. The van der Waals surface area contributed by atoms with Crippen LogP contribution in [0.2, 0.25) is 0 Å². The number of hydrogen-bond acceptors (Lipinski definition) is 3. The number of amides is 1. The molecule has 2 fully saturated rings. The van der Waals surface area contributed by atoms with Crippen molar-refractivity contribution < 1.29 is 9.53 Å². The standard InChI is InChI=1S/C21H32N2O2/c1-15-12-18(23-8-10-25-11-9-23)13-16(2)21(15)19(14-20(22)24)17-6-4-3-5-7-17/h12-13,17,19H,3-11,14H2,1-2H3,(H2,22,24). The maximum atomic E-state index is 11.8. The number of carbonyl (C=O) groups excluding carboxylic acids is 1. The van der Waals surface area contributed by atoms with E-state index in [9.17, 15) is 4.79 Å². The first-order valence-electron chi connectivity index (χ1n) is 9.78. The van der Waals surface area contributed by atoms with E-state index < -0.39 is 0 Å². The molecule has 2 aliphatic rings. The minimum atomic E-state index is -0.174. The molecule has 4 nitrogen and oxygen atoms in total. The molecule has 1 atom stereocenters. The second kappa shape index (κ2) is 8.22. The van der Waals surface area contributed by atoms with Crippen LogP contribution in [0.15, 0.2) is 12.1 Å². The lowest BCUT2D eigenvalue weighted by Gasteiger charge is -2.34. The molecule has 0 aromatic heterocycles. The van der Waals surface area contributed by atoms with Crippen molar-refractivity contribution in [3.63, 3.8) is 0 Å². The van der Waals surface area contributed by atoms with Gasteiger partial charge in [0.05, 0.1) is 13.2 Å². The summed E-state index contributed by atoms with van der Waals surface area (Å²) in [6, 6.07) is 4.59. The SMILES string of the molecule is Cc1cc(N2CCOCC2)cc(C)c1C(CC(N)=O)C1CCCCC1. The summed E-state index contributed by atoms with van der Waals surface area (Å²) in [7, 11) is 0. The Morgan fingerprint density at radius 3 is 2.32 bits per heavy atom. The van der Waals surface area contributed by atoms with E-state index >= 15 is 0 Å². The van der Waals surface area contributed by atoms with Gasteiger partial charge in [-0.1, -0.05) is 19.3 Å². The highest BCUT2D eigenvalue weighted by Gasteiger charge is 2.29. The summed E-state index contributed by atoms with van der Waals surface area (Å²) >= 11 is 0. The van der Waals surface area contributed by atoms with E-state index in [0.29, 0.717) is 12.3 Å². The quantitative estimate of drug-likeness (QED) is 0.886. The molecule has 0 spiro atoms. The lowest BCUT2D eigenvalue weighted by Crippen LogP contribution is -2.36. The van der Waals surface area contributed by atoms with Crippen molar-refractivity contribution in [3.8, 4) is 0 Å². The predicted molar refractivity (Wildman–Crippen MR) is 102 cm³/mol. The van der Waals surface area contributed by atoms with Crippen LogP contribution < -0.4 is 10.6 Å². The summed E-state index contributed by atoms with van der Waals surface area (Å²) in [6.45, 7) is 7.89. The van der Waals surface area contributed by atoms with Gasteiger partial charge in [-0.05, 0) is 67.3 Å². The van der Waals surface area contributed by atoms with Gasteiger partial charge in [0.25, 0.3) is 0 Å². The van der Waals surface area contributed by atoms with Crippen LogP contribution in [0, 0.1) is 19.8 Å². The number of hydrogen-bond donors (Lipinski definition) is 1. The van der Waals surface area contributed by atoms with Crippen LogP contribution in [0.5, 0.6) is 0 Å². The van der Waals surface area contributed by atoms with Gasteiger partial charge in [0.15, 0.2) is 0 Å². The third kappa shape index (κ3) is 4.35. The highest BCUT2D eigenvalue weighted by Crippen LogP contribution is 2.41. The Balaban J connectivity index is 1.90. The fourth-order valence-corrected chi connectivity index (χ4v) is 4.80. The molecule has 1 amide bonds. The zero-order valence-electron chi connectivity index (χ0n) is 15.7. The van der Waals surface area contributed by atoms with Crippen LogP contribution in [0.3, 0.4) is 0 Å². The maximum absolute atomic E-state index is 11.8. The molecular weight excluding hydrogens is 312 g/mol. The van der Waals surface area contributed by atoms with Crippen molar-refractivity contribution in [1.29, 1.82) is 0 Å². The molecule has 1 aromatic carbocycles. The number of carbonyl (C=O) groups is 1. The molecule has 1 saturated heterocycles. The van der Waals surface area contributed by atoms with E-state index in [1.54, 1.807) is 0 Å². The Morgan fingerprint density at radius 1 is 1.16 bits per heavy atom. The lowest BCUT2D eigenvalue weighted by atomic mass is 9.73. The summed E-state index contributed by atoms with van der Waals surface area (Å²) in [5, 5.41) is 0. The Labute approximate surface area is 151 Å². The number of anilines is 1. The fourth-order valence-electron chi connectivity index (χ4n) is 4.80. The van der Waals surface area contributed by atoms with Crippen LogP contribution in [0.1, 0.15) is 61.1 Å². The maximum Gasteiger partial charge on any atom is 0.218 e. The smallest absolute Gasteiger partial charge is 0.218 e. The largest absolute Gasteiger partial charge is 0.378 e. The van der Waals surface area contributed by atoms with Gasteiger partial charge in [-0.15, -0.1) is 0 Å². The molecule has 4 heteroatoms. The van der Waals surface area contributed by atoms with Crippen LogP contribution in [0.4, 0.5) is 5.69 Å².